The fourth-order valence-electron chi connectivity index (χ4n) is 8.76. The van der Waals surface area contributed by atoms with E-state index in [1.54, 1.807) is 0 Å². The van der Waals surface area contributed by atoms with Crippen molar-refractivity contribution in [3.63, 3.8) is 0 Å². The highest BCUT2D eigenvalue weighted by atomic mass is 16.3. The van der Waals surface area contributed by atoms with Gasteiger partial charge < -0.3 is 5.11 Å². The van der Waals surface area contributed by atoms with Crippen molar-refractivity contribution in [1.82, 2.24) is 0 Å². The lowest BCUT2D eigenvalue weighted by Gasteiger charge is -2.61. The summed E-state index contributed by atoms with van der Waals surface area (Å²) in [4.78, 5) is 0. The van der Waals surface area contributed by atoms with E-state index in [0.717, 1.165) is 48.3 Å². The van der Waals surface area contributed by atoms with Crippen molar-refractivity contribution in [2.24, 2.45) is 46.3 Å². The Balaban J connectivity index is 1.43. The number of rotatable bonds is 5. The molecule has 0 aromatic carbocycles. The van der Waals surface area contributed by atoms with Gasteiger partial charge in [-0.15, -0.1) is 0 Å². The average molecular weight is 375 g/mol. The first-order valence-electron chi connectivity index (χ1n) is 12.5. The molecule has 0 heterocycles. The van der Waals surface area contributed by atoms with Crippen LogP contribution in [0.5, 0.6) is 0 Å². The zero-order chi connectivity index (χ0) is 19.2. The largest absolute Gasteiger partial charge is 0.393 e. The second kappa shape index (κ2) is 7.66. The first-order chi connectivity index (χ1) is 12.8. The number of aliphatic hydroxyl groups excluding tert-OH is 1. The van der Waals surface area contributed by atoms with Crippen molar-refractivity contribution < 1.29 is 5.11 Å². The normalized spacial score (nSPS) is 49.6. The van der Waals surface area contributed by atoms with Gasteiger partial charge >= 0.3 is 0 Å². The van der Waals surface area contributed by atoms with Crippen LogP contribution in [-0.2, 0) is 0 Å². The van der Waals surface area contributed by atoms with Crippen LogP contribution < -0.4 is 0 Å². The van der Waals surface area contributed by atoms with E-state index in [2.05, 4.69) is 27.7 Å². The molecule has 4 aliphatic rings. The molecule has 4 aliphatic carbocycles. The summed E-state index contributed by atoms with van der Waals surface area (Å²) < 4.78 is 0. The standard InChI is InChI=1S/C26H46O/c1-18(2)7-5-6-8-19-10-12-23-22-11-9-20-17-21(27)13-15-26(20,4)24(22)14-16-25(19,23)3/h18-24,27H,5-17H2,1-4H3/t19-,20?,21-,22?,23?,24?,25+,26-/m0/s1. The molecule has 1 N–H and O–H groups in total. The number of hydrogen-bond acceptors (Lipinski definition) is 1. The van der Waals surface area contributed by atoms with E-state index >= 15 is 0 Å². The molecular formula is C26H46O. The summed E-state index contributed by atoms with van der Waals surface area (Å²) in [7, 11) is 0. The van der Waals surface area contributed by atoms with E-state index < -0.39 is 0 Å². The predicted molar refractivity (Wildman–Crippen MR) is 115 cm³/mol. The van der Waals surface area contributed by atoms with Gasteiger partial charge in [0.15, 0.2) is 0 Å². The van der Waals surface area contributed by atoms with E-state index in [1.807, 2.05) is 0 Å². The Labute approximate surface area is 169 Å². The van der Waals surface area contributed by atoms with Crippen molar-refractivity contribution >= 4 is 0 Å². The highest BCUT2D eigenvalue weighted by molar-refractivity contribution is 5.09. The molecule has 0 spiro atoms. The van der Waals surface area contributed by atoms with Gasteiger partial charge in [-0.1, -0.05) is 47.0 Å². The molecule has 0 aliphatic heterocycles. The Morgan fingerprint density at radius 2 is 1.59 bits per heavy atom. The molecule has 4 saturated carbocycles. The summed E-state index contributed by atoms with van der Waals surface area (Å²) in [6, 6.07) is 0. The minimum absolute atomic E-state index is 0.00446. The lowest BCUT2D eigenvalue weighted by molar-refractivity contribution is -0.127. The Morgan fingerprint density at radius 3 is 2.37 bits per heavy atom. The van der Waals surface area contributed by atoms with Crippen LogP contribution in [0.25, 0.3) is 0 Å². The molecule has 8 atom stereocenters. The van der Waals surface area contributed by atoms with Crippen LogP contribution in [0.4, 0.5) is 0 Å². The van der Waals surface area contributed by atoms with Gasteiger partial charge in [-0.05, 0) is 111 Å². The molecule has 0 bridgehead atoms. The Morgan fingerprint density at radius 1 is 0.852 bits per heavy atom. The monoisotopic (exact) mass is 374 g/mol. The van der Waals surface area contributed by atoms with Crippen molar-refractivity contribution in [3.05, 3.63) is 0 Å². The molecule has 0 radical (unpaired) electrons. The third-order valence-corrected chi connectivity index (χ3v) is 10.4. The number of unbranched alkanes of at least 4 members (excludes halogenated alkanes) is 1. The molecule has 27 heavy (non-hydrogen) atoms. The second-order valence-electron chi connectivity index (χ2n) is 12.1. The lowest BCUT2D eigenvalue weighted by Crippen LogP contribution is -2.53. The van der Waals surface area contributed by atoms with Crippen LogP contribution in [0.15, 0.2) is 0 Å². The predicted octanol–water partition coefficient (Wildman–Crippen LogP) is 7.22. The van der Waals surface area contributed by atoms with Gasteiger partial charge in [-0.25, -0.2) is 0 Å². The summed E-state index contributed by atoms with van der Waals surface area (Å²) in [6.45, 7) is 10.1. The molecule has 0 amide bonds. The van der Waals surface area contributed by atoms with Gasteiger partial charge in [0.2, 0.25) is 0 Å². The van der Waals surface area contributed by atoms with E-state index in [-0.39, 0.29) is 6.10 Å². The van der Waals surface area contributed by atoms with Crippen LogP contribution >= 0.6 is 0 Å². The summed E-state index contributed by atoms with van der Waals surface area (Å²) in [5.74, 6) is 5.66. The maximum atomic E-state index is 10.2. The SMILES string of the molecule is CC(C)CCCC[C@H]1CCC2C3CCC4C[C@@H](O)CC[C@]4(C)C3CC[C@@]21C. The van der Waals surface area contributed by atoms with Gasteiger partial charge in [-0.2, -0.15) is 0 Å². The van der Waals surface area contributed by atoms with Crippen LogP contribution in [-0.4, -0.2) is 11.2 Å². The first kappa shape index (κ1) is 20.2. The minimum atomic E-state index is -0.00446. The van der Waals surface area contributed by atoms with Crippen molar-refractivity contribution in [1.29, 1.82) is 0 Å². The molecule has 0 saturated heterocycles. The summed E-state index contributed by atoms with van der Waals surface area (Å²) in [6.07, 6.45) is 18.2. The summed E-state index contributed by atoms with van der Waals surface area (Å²) >= 11 is 0. The smallest absolute Gasteiger partial charge is 0.0543 e. The quantitative estimate of drug-likeness (QED) is 0.503. The molecule has 4 unspecified atom stereocenters. The third-order valence-electron chi connectivity index (χ3n) is 10.4. The van der Waals surface area contributed by atoms with E-state index in [4.69, 9.17) is 0 Å². The average Bonchev–Trinajstić information content (AvgIpc) is 2.96. The molecule has 156 valence electrons. The Hall–Kier alpha value is -0.0400. The highest BCUT2D eigenvalue weighted by Gasteiger charge is 2.59. The molecular weight excluding hydrogens is 328 g/mol. The second-order valence-corrected chi connectivity index (χ2v) is 12.1. The topological polar surface area (TPSA) is 20.2 Å². The van der Waals surface area contributed by atoms with Crippen LogP contribution in [0.2, 0.25) is 0 Å². The van der Waals surface area contributed by atoms with Gasteiger partial charge in [0.05, 0.1) is 6.10 Å². The fourth-order valence-corrected chi connectivity index (χ4v) is 8.76. The van der Waals surface area contributed by atoms with Gasteiger partial charge in [0, 0.05) is 0 Å². The van der Waals surface area contributed by atoms with E-state index in [0.29, 0.717) is 10.8 Å². The zero-order valence-corrected chi connectivity index (χ0v) is 18.7. The van der Waals surface area contributed by atoms with Gasteiger partial charge in [-0.3, -0.25) is 0 Å². The van der Waals surface area contributed by atoms with Crippen molar-refractivity contribution in [3.8, 4) is 0 Å². The van der Waals surface area contributed by atoms with Crippen molar-refractivity contribution in [2.75, 3.05) is 0 Å². The molecule has 1 heteroatoms. The summed E-state index contributed by atoms with van der Waals surface area (Å²) in [5, 5.41) is 10.2. The first-order valence-corrected chi connectivity index (χ1v) is 12.5. The molecule has 1 nitrogen and oxygen atoms in total. The summed E-state index contributed by atoms with van der Waals surface area (Å²) in [5.41, 5.74) is 1.19. The molecule has 4 rings (SSSR count). The number of fused-ring (bicyclic) bond motifs is 5. The Bertz CT molecular complexity index is 512. The van der Waals surface area contributed by atoms with Gasteiger partial charge in [0.25, 0.3) is 0 Å². The molecule has 0 aromatic heterocycles. The van der Waals surface area contributed by atoms with Gasteiger partial charge in [0.1, 0.15) is 0 Å². The Kier molecular flexibility index (Phi) is 5.74. The number of aliphatic hydroxyl groups is 1. The maximum absolute atomic E-state index is 10.2. The number of hydrogen-bond donors (Lipinski definition) is 1. The van der Waals surface area contributed by atoms with E-state index in [1.165, 1.54) is 70.6 Å². The highest BCUT2D eigenvalue weighted by Crippen LogP contribution is 2.67. The maximum Gasteiger partial charge on any atom is 0.0543 e. The third kappa shape index (κ3) is 3.53. The van der Waals surface area contributed by atoms with E-state index in [9.17, 15) is 5.11 Å². The fraction of sp³-hybridized carbons (Fsp3) is 1.00. The zero-order valence-electron chi connectivity index (χ0n) is 18.7. The van der Waals surface area contributed by atoms with Crippen LogP contribution in [0.1, 0.15) is 111 Å². The van der Waals surface area contributed by atoms with Crippen LogP contribution in [0, 0.1) is 46.3 Å². The van der Waals surface area contributed by atoms with Crippen LogP contribution in [0.3, 0.4) is 0 Å². The van der Waals surface area contributed by atoms with Crippen molar-refractivity contribution in [2.45, 2.75) is 117 Å². The minimum Gasteiger partial charge on any atom is -0.393 e. The molecule has 4 fully saturated rings. The lowest BCUT2D eigenvalue weighted by atomic mass is 9.44. The molecule has 0 aromatic rings.